The molecule has 1 saturated heterocycles. The molecule has 0 amide bonds. The number of aliphatic hydroxyl groups is 1. The number of anilines is 1. The standard InChI is InChI=1S/C13H15ClN2O2/c1-8-10(3-2-9(6-15)13(8)14)16-11-4-5-18-7-12(11)17/h2-3,11-12,16-17H,4-5,7H2,1H3/t11-,12-/m0/s1. The molecule has 1 heterocycles. The van der Waals surface area contributed by atoms with E-state index >= 15 is 0 Å². The molecule has 96 valence electrons. The second kappa shape index (κ2) is 5.57. The van der Waals surface area contributed by atoms with E-state index in [1.165, 1.54) is 0 Å². The molecule has 18 heavy (non-hydrogen) atoms. The van der Waals surface area contributed by atoms with Crippen LogP contribution in [0.15, 0.2) is 12.1 Å². The predicted molar refractivity (Wildman–Crippen MR) is 69.8 cm³/mol. The number of nitriles is 1. The summed E-state index contributed by atoms with van der Waals surface area (Å²) in [6.07, 6.45) is 0.227. The third-order valence-corrected chi connectivity index (χ3v) is 3.66. The summed E-state index contributed by atoms with van der Waals surface area (Å²) in [4.78, 5) is 0. The van der Waals surface area contributed by atoms with Crippen molar-refractivity contribution in [2.24, 2.45) is 0 Å². The Labute approximate surface area is 111 Å². The van der Waals surface area contributed by atoms with Gasteiger partial charge in [0.25, 0.3) is 0 Å². The van der Waals surface area contributed by atoms with Crippen LogP contribution < -0.4 is 5.32 Å². The minimum absolute atomic E-state index is 0.0403. The SMILES string of the molecule is Cc1c(N[C@H]2CCOC[C@@H]2O)ccc(C#N)c1Cl. The number of nitrogens with zero attached hydrogens (tertiary/aromatic N) is 1. The van der Waals surface area contributed by atoms with E-state index in [0.717, 1.165) is 17.7 Å². The van der Waals surface area contributed by atoms with Crippen molar-refractivity contribution in [3.63, 3.8) is 0 Å². The van der Waals surface area contributed by atoms with Crippen LogP contribution in [-0.2, 0) is 4.74 Å². The minimum Gasteiger partial charge on any atom is -0.389 e. The topological polar surface area (TPSA) is 65.3 Å². The maximum atomic E-state index is 9.82. The molecule has 1 aromatic rings. The number of aliphatic hydroxyl groups excluding tert-OH is 1. The van der Waals surface area contributed by atoms with E-state index in [2.05, 4.69) is 5.32 Å². The maximum Gasteiger partial charge on any atom is 0.101 e. The first-order valence-electron chi connectivity index (χ1n) is 5.85. The van der Waals surface area contributed by atoms with E-state index in [-0.39, 0.29) is 6.04 Å². The molecule has 1 aliphatic rings. The highest BCUT2D eigenvalue weighted by atomic mass is 35.5. The summed E-state index contributed by atoms with van der Waals surface area (Å²) < 4.78 is 5.18. The lowest BCUT2D eigenvalue weighted by Gasteiger charge is -2.30. The fourth-order valence-electron chi connectivity index (χ4n) is 2.02. The highest BCUT2D eigenvalue weighted by Gasteiger charge is 2.24. The van der Waals surface area contributed by atoms with Crippen molar-refractivity contribution < 1.29 is 9.84 Å². The van der Waals surface area contributed by atoms with Crippen LogP contribution in [0.1, 0.15) is 17.5 Å². The smallest absolute Gasteiger partial charge is 0.101 e. The fraction of sp³-hybridized carbons (Fsp3) is 0.462. The molecule has 2 atom stereocenters. The highest BCUT2D eigenvalue weighted by Crippen LogP contribution is 2.28. The third kappa shape index (κ3) is 2.59. The van der Waals surface area contributed by atoms with Crippen molar-refractivity contribution in [2.45, 2.75) is 25.5 Å². The van der Waals surface area contributed by atoms with E-state index in [1.807, 2.05) is 19.1 Å². The molecule has 5 heteroatoms. The first-order chi connectivity index (χ1) is 8.63. The number of benzene rings is 1. The minimum atomic E-state index is -0.521. The second-order valence-corrected chi connectivity index (χ2v) is 4.77. The zero-order valence-electron chi connectivity index (χ0n) is 10.1. The van der Waals surface area contributed by atoms with E-state index in [1.54, 1.807) is 6.07 Å². The zero-order valence-corrected chi connectivity index (χ0v) is 10.9. The summed E-state index contributed by atoms with van der Waals surface area (Å²) in [6.45, 7) is 2.84. The van der Waals surface area contributed by atoms with Crippen LogP contribution in [0.4, 0.5) is 5.69 Å². The molecule has 1 aromatic carbocycles. The maximum absolute atomic E-state index is 9.82. The summed E-state index contributed by atoms with van der Waals surface area (Å²) in [6, 6.07) is 5.51. The van der Waals surface area contributed by atoms with Gasteiger partial charge in [-0.3, -0.25) is 0 Å². The van der Waals surface area contributed by atoms with Gasteiger partial charge in [-0.1, -0.05) is 11.6 Å². The number of halogens is 1. The van der Waals surface area contributed by atoms with E-state index < -0.39 is 6.10 Å². The van der Waals surface area contributed by atoms with Gasteiger partial charge in [-0.25, -0.2) is 0 Å². The predicted octanol–water partition coefficient (Wildman–Crippen LogP) is 2.08. The van der Waals surface area contributed by atoms with Crippen molar-refractivity contribution >= 4 is 17.3 Å². The number of rotatable bonds is 2. The van der Waals surface area contributed by atoms with Crippen LogP contribution in [0, 0.1) is 18.3 Å². The van der Waals surface area contributed by atoms with Gasteiger partial charge in [0.05, 0.1) is 29.3 Å². The molecule has 0 radical (unpaired) electrons. The molecule has 0 unspecified atom stereocenters. The van der Waals surface area contributed by atoms with Gasteiger partial charge in [0, 0.05) is 12.3 Å². The van der Waals surface area contributed by atoms with Crippen LogP contribution in [-0.4, -0.2) is 30.5 Å². The molecule has 0 aromatic heterocycles. The lowest BCUT2D eigenvalue weighted by molar-refractivity contribution is -0.0134. The number of ether oxygens (including phenoxy) is 1. The molecule has 2 rings (SSSR count). The van der Waals surface area contributed by atoms with E-state index in [0.29, 0.717) is 23.8 Å². The molecule has 2 N–H and O–H groups in total. The van der Waals surface area contributed by atoms with Crippen molar-refractivity contribution in [1.29, 1.82) is 5.26 Å². The van der Waals surface area contributed by atoms with Gasteiger partial charge >= 0.3 is 0 Å². The summed E-state index contributed by atoms with van der Waals surface area (Å²) >= 11 is 6.10. The number of nitrogens with one attached hydrogen (secondary N) is 1. The van der Waals surface area contributed by atoms with Gasteiger partial charge in [0.1, 0.15) is 6.07 Å². The van der Waals surface area contributed by atoms with Gasteiger partial charge < -0.3 is 15.2 Å². The van der Waals surface area contributed by atoms with Crippen molar-refractivity contribution in [3.05, 3.63) is 28.3 Å². The van der Waals surface area contributed by atoms with Crippen molar-refractivity contribution in [1.82, 2.24) is 0 Å². The average Bonchev–Trinajstić information content (AvgIpc) is 2.38. The van der Waals surface area contributed by atoms with Gasteiger partial charge in [-0.05, 0) is 31.0 Å². The monoisotopic (exact) mass is 266 g/mol. The molecule has 0 saturated carbocycles. The van der Waals surface area contributed by atoms with E-state index in [9.17, 15) is 5.11 Å². The van der Waals surface area contributed by atoms with Gasteiger partial charge in [0.15, 0.2) is 0 Å². The quantitative estimate of drug-likeness (QED) is 0.860. The molecular weight excluding hydrogens is 252 g/mol. The molecule has 1 fully saturated rings. The zero-order chi connectivity index (χ0) is 13.1. The average molecular weight is 267 g/mol. The second-order valence-electron chi connectivity index (χ2n) is 4.39. The van der Waals surface area contributed by atoms with Crippen molar-refractivity contribution in [2.75, 3.05) is 18.5 Å². The first-order valence-corrected chi connectivity index (χ1v) is 6.23. The Balaban J connectivity index is 2.19. The molecule has 0 spiro atoms. The molecule has 0 aliphatic carbocycles. The molecule has 4 nitrogen and oxygen atoms in total. The number of hydrogen-bond acceptors (Lipinski definition) is 4. The summed E-state index contributed by atoms with van der Waals surface area (Å²) in [7, 11) is 0. The Kier molecular flexibility index (Phi) is 4.07. The Bertz CT molecular complexity index is 485. The fourth-order valence-corrected chi connectivity index (χ4v) is 2.23. The molecule has 1 aliphatic heterocycles. The Morgan fingerprint density at radius 2 is 2.33 bits per heavy atom. The normalized spacial score (nSPS) is 23.4. The third-order valence-electron chi connectivity index (χ3n) is 3.17. The van der Waals surface area contributed by atoms with Crippen LogP contribution in [0.25, 0.3) is 0 Å². The Morgan fingerprint density at radius 1 is 1.56 bits per heavy atom. The Morgan fingerprint density at radius 3 is 3.00 bits per heavy atom. The summed E-state index contributed by atoms with van der Waals surface area (Å²) in [5.41, 5.74) is 2.15. The Hall–Kier alpha value is -1.28. The van der Waals surface area contributed by atoms with Crippen LogP contribution in [0.5, 0.6) is 0 Å². The molecule has 0 bridgehead atoms. The van der Waals surface area contributed by atoms with Gasteiger partial charge in [-0.2, -0.15) is 5.26 Å². The summed E-state index contributed by atoms with van der Waals surface area (Å²) in [5, 5.41) is 22.4. The van der Waals surface area contributed by atoms with E-state index in [4.69, 9.17) is 21.6 Å². The lowest BCUT2D eigenvalue weighted by Crippen LogP contribution is -2.42. The van der Waals surface area contributed by atoms with Crippen molar-refractivity contribution in [3.8, 4) is 6.07 Å². The van der Waals surface area contributed by atoms with Crippen LogP contribution in [0.3, 0.4) is 0 Å². The number of hydrogen-bond donors (Lipinski definition) is 2. The van der Waals surface area contributed by atoms with Crippen LogP contribution >= 0.6 is 11.6 Å². The van der Waals surface area contributed by atoms with Crippen LogP contribution in [0.2, 0.25) is 5.02 Å². The van der Waals surface area contributed by atoms with Gasteiger partial charge in [-0.15, -0.1) is 0 Å². The lowest BCUT2D eigenvalue weighted by atomic mass is 10.0. The molecular formula is C13H15ClN2O2. The highest BCUT2D eigenvalue weighted by molar-refractivity contribution is 6.32. The van der Waals surface area contributed by atoms with Gasteiger partial charge in [0.2, 0.25) is 0 Å². The largest absolute Gasteiger partial charge is 0.389 e. The summed E-state index contributed by atoms with van der Waals surface area (Å²) in [5.74, 6) is 0. The first kappa shape index (κ1) is 13.2.